The molecular weight excluding hydrogens is 162 g/mol. The Labute approximate surface area is 78.0 Å². The minimum atomic E-state index is 0.0660. The largest absolute Gasteiger partial charge is 0.399 e. The zero-order valence-electron chi connectivity index (χ0n) is 7.62. The molecule has 0 aliphatic carbocycles. The van der Waals surface area contributed by atoms with Crippen LogP contribution < -0.4 is 11.5 Å². The summed E-state index contributed by atoms with van der Waals surface area (Å²) in [6, 6.07) is 7.38. The van der Waals surface area contributed by atoms with Gasteiger partial charge in [0.05, 0.1) is 11.6 Å². The molecule has 1 aromatic rings. The third kappa shape index (κ3) is 2.46. The highest BCUT2D eigenvalue weighted by Crippen LogP contribution is 2.15. The van der Waals surface area contributed by atoms with Crippen LogP contribution in [0.1, 0.15) is 18.1 Å². The lowest BCUT2D eigenvalue weighted by atomic mass is 10.0. The number of nitriles is 1. The van der Waals surface area contributed by atoms with Crippen molar-refractivity contribution in [2.24, 2.45) is 5.73 Å². The maximum atomic E-state index is 8.66. The van der Waals surface area contributed by atoms with E-state index in [2.05, 4.69) is 6.07 Å². The number of benzene rings is 1. The van der Waals surface area contributed by atoms with Crippen LogP contribution in [-0.2, 0) is 6.42 Å². The van der Waals surface area contributed by atoms with Crippen LogP contribution in [0.2, 0.25) is 0 Å². The number of nitrogens with zero attached hydrogens (tertiary/aromatic N) is 1. The van der Waals surface area contributed by atoms with Gasteiger partial charge in [-0.25, -0.2) is 0 Å². The number of anilines is 1. The molecule has 1 atom stereocenters. The maximum Gasteiger partial charge on any atom is 0.0991 e. The van der Waals surface area contributed by atoms with Crippen molar-refractivity contribution in [3.63, 3.8) is 0 Å². The molecule has 0 heterocycles. The van der Waals surface area contributed by atoms with E-state index in [0.29, 0.717) is 17.7 Å². The van der Waals surface area contributed by atoms with Gasteiger partial charge in [0.25, 0.3) is 0 Å². The number of rotatable bonds is 2. The van der Waals surface area contributed by atoms with Gasteiger partial charge in [-0.15, -0.1) is 0 Å². The summed E-state index contributed by atoms with van der Waals surface area (Å²) in [6.07, 6.45) is 0.710. The molecule has 0 aliphatic heterocycles. The molecule has 0 aliphatic rings. The first-order valence-corrected chi connectivity index (χ1v) is 4.17. The molecule has 0 saturated heterocycles. The van der Waals surface area contributed by atoms with Gasteiger partial charge in [0.15, 0.2) is 0 Å². The second-order valence-electron chi connectivity index (χ2n) is 3.21. The van der Waals surface area contributed by atoms with E-state index in [1.807, 2.05) is 6.92 Å². The van der Waals surface area contributed by atoms with E-state index in [1.165, 1.54) is 0 Å². The van der Waals surface area contributed by atoms with E-state index in [9.17, 15) is 0 Å². The Bertz CT molecular complexity index is 337. The number of hydrogen-bond donors (Lipinski definition) is 2. The molecule has 68 valence electrons. The van der Waals surface area contributed by atoms with E-state index in [1.54, 1.807) is 18.2 Å². The summed E-state index contributed by atoms with van der Waals surface area (Å²) in [5, 5.41) is 8.66. The normalized spacial score (nSPS) is 12.1. The van der Waals surface area contributed by atoms with Crippen molar-refractivity contribution in [1.82, 2.24) is 0 Å². The van der Waals surface area contributed by atoms with E-state index in [-0.39, 0.29) is 6.04 Å². The van der Waals surface area contributed by atoms with Crippen LogP contribution in [0, 0.1) is 11.3 Å². The summed E-state index contributed by atoms with van der Waals surface area (Å²) in [5.41, 5.74) is 13.7. The zero-order valence-corrected chi connectivity index (χ0v) is 7.62. The van der Waals surface area contributed by atoms with Gasteiger partial charge in [0.2, 0.25) is 0 Å². The fourth-order valence-corrected chi connectivity index (χ4v) is 1.20. The summed E-state index contributed by atoms with van der Waals surface area (Å²) in [7, 11) is 0. The molecule has 0 fully saturated rings. The minimum Gasteiger partial charge on any atom is -0.399 e. The molecule has 0 radical (unpaired) electrons. The first-order chi connectivity index (χ1) is 6.13. The van der Waals surface area contributed by atoms with Crippen LogP contribution in [0.3, 0.4) is 0 Å². The van der Waals surface area contributed by atoms with E-state index in [0.717, 1.165) is 5.56 Å². The summed E-state index contributed by atoms with van der Waals surface area (Å²) in [4.78, 5) is 0. The van der Waals surface area contributed by atoms with E-state index in [4.69, 9.17) is 16.7 Å². The standard InChI is InChI=1S/C10H13N3/c1-7(12)4-9-5-8(6-11)2-3-10(9)13/h2-3,5,7H,4,12-13H2,1H3/t7-/m1/s1. The van der Waals surface area contributed by atoms with Gasteiger partial charge in [-0.3, -0.25) is 0 Å². The van der Waals surface area contributed by atoms with Gasteiger partial charge in [-0.05, 0) is 37.1 Å². The third-order valence-electron chi connectivity index (χ3n) is 1.81. The highest BCUT2D eigenvalue weighted by atomic mass is 14.6. The number of nitrogen functional groups attached to an aromatic ring is 1. The first kappa shape index (κ1) is 9.56. The van der Waals surface area contributed by atoms with Crippen LogP contribution in [0.5, 0.6) is 0 Å². The molecule has 4 N–H and O–H groups in total. The summed E-state index contributed by atoms with van der Waals surface area (Å²) >= 11 is 0. The Hall–Kier alpha value is -1.53. The Morgan fingerprint density at radius 2 is 2.23 bits per heavy atom. The highest BCUT2D eigenvalue weighted by molar-refractivity contribution is 5.51. The van der Waals surface area contributed by atoms with Gasteiger partial charge in [-0.2, -0.15) is 5.26 Å². The predicted octanol–water partition coefficient (Wildman–Crippen LogP) is 1.03. The average molecular weight is 175 g/mol. The summed E-state index contributed by atoms with van der Waals surface area (Å²) in [5.74, 6) is 0. The molecule has 0 aromatic heterocycles. The summed E-state index contributed by atoms with van der Waals surface area (Å²) in [6.45, 7) is 1.92. The van der Waals surface area contributed by atoms with Crippen LogP contribution in [-0.4, -0.2) is 6.04 Å². The smallest absolute Gasteiger partial charge is 0.0991 e. The second kappa shape index (κ2) is 3.92. The lowest BCUT2D eigenvalue weighted by Gasteiger charge is -2.08. The maximum absolute atomic E-state index is 8.66. The van der Waals surface area contributed by atoms with Crippen LogP contribution in [0.25, 0.3) is 0 Å². The minimum absolute atomic E-state index is 0.0660. The fourth-order valence-electron chi connectivity index (χ4n) is 1.20. The topological polar surface area (TPSA) is 75.8 Å². The van der Waals surface area contributed by atoms with Crippen LogP contribution in [0.4, 0.5) is 5.69 Å². The highest BCUT2D eigenvalue weighted by Gasteiger charge is 2.03. The SMILES string of the molecule is C[C@@H](N)Cc1cc(C#N)ccc1N. The molecular formula is C10H13N3. The molecule has 3 nitrogen and oxygen atoms in total. The van der Waals surface area contributed by atoms with Crippen molar-refractivity contribution in [3.05, 3.63) is 29.3 Å². The van der Waals surface area contributed by atoms with Crippen LogP contribution in [0.15, 0.2) is 18.2 Å². The Balaban J connectivity index is 2.99. The van der Waals surface area contributed by atoms with Crippen molar-refractivity contribution < 1.29 is 0 Å². The fraction of sp³-hybridized carbons (Fsp3) is 0.300. The van der Waals surface area contributed by atoms with E-state index < -0.39 is 0 Å². The zero-order chi connectivity index (χ0) is 9.84. The Morgan fingerprint density at radius 1 is 1.54 bits per heavy atom. The van der Waals surface area contributed by atoms with Gasteiger partial charge in [0, 0.05) is 11.7 Å². The quantitative estimate of drug-likeness (QED) is 0.659. The molecule has 1 rings (SSSR count). The van der Waals surface area contributed by atoms with Crippen molar-refractivity contribution in [2.45, 2.75) is 19.4 Å². The van der Waals surface area contributed by atoms with Crippen molar-refractivity contribution in [2.75, 3.05) is 5.73 Å². The third-order valence-corrected chi connectivity index (χ3v) is 1.81. The molecule has 1 aromatic carbocycles. The second-order valence-corrected chi connectivity index (χ2v) is 3.21. The van der Waals surface area contributed by atoms with Gasteiger partial charge in [0.1, 0.15) is 0 Å². The summed E-state index contributed by atoms with van der Waals surface area (Å²) < 4.78 is 0. The Morgan fingerprint density at radius 3 is 2.77 bits per heavy atom. The number of nitrogens with two attached hydrogens (primary N) is 2. The van der Waals surface area contributed by atoms with Gasteiger partial charge < -0.3 is 11.5 Å². The molecule has 0 saturated carbocycles. The average Bonchev–Trinajstić information content (AvgIpc) is 2.08. The lowest BCUT2D eigenvalue weighted by Crippen LogP contribution is -2.18. The molecule has 3 heteroatoms. The van der Waals surface area contributed by atoms with E-state index >= 15 is 0 Å². The van der Waals surface area contributed by atoms with Crippen LogP contribution >= 0.6 is 0 Å². The first-order valence-electron chi connectivity index (χ1n) is 4.17. The van der Waals surface area contributed by atoms with Crippen molar-refractivity contribution in [1.29, 1.82) is 5.26 Å². The molecule has 0 bridgehead atoms. The molecule has 0 amide bonds. The van der Waals surface area contributed by atoms with Gasteiger partial charge >= 0.3 is 0 Å². The molecule has 0 unspecified atom stereocenters. The predicted molar refractivity (Wildman–Crippen MR) is 52.9 cm³/mol. The molecule has 0 spiro atoms. The number of hydrogen-bond acceptors (Lipinski definition) is 3. The van der Waals surface area contributed by atoms with Crippen molar-refractivity contribution >= 4 is 5.69 Å². The lowest BCUT2D eigenvalue weighted by molar-refractivity contribution is 0.739. The molecule has 13 heavy (non-hydrogen) atoms. The van der Waals surface area contributed by atoms with Crippen molar-refractivity contribution in [3.8, 4) is 6.07 Å². The Kier molecular flexibility index (Phi) is 2.88. The monoisotopic (exact) mass is 175 g/mol. The van der Waals surface area contributed by atoms with Gasteiger partial charge in [-0.1, -0.05) is 0 Å².